The van der Waals surface area contributed by atoms with Crippen molar-refractivity contribution in [2.75, 3.05) is 13.1 Å². The number of nitrogens with zero attached hydrogens (tertiary/aromatic N) is 3. The van der Waals surface area contributed by atoms with Crippen LogP contribution in [0.2, 0.25) is 5.02 Å². The monoisotopic (exact) mass is 395 g/mol. The predicted octanol–water partition coefficient (Wildman–Crippen LogP) is 4.89. The molecule has 0 spiro atoms. The van der Waals surface area contributed by atoms with Crippen LogP contribution in [0.3, 0.4) is 0 Å². The first kappa shape index (κ1) is 18.6. The van der Waals surface area contributed by atoms with E-state index in [-0.39, 0.29) is 5.91 Å². The third-order valence-corrected chi connectivity index (χ3v) is 5.30. The Morgan fingerprint density at radius 2 is 1.82 bits per heavy atom. The summed E-state index contributed by atoms with van der Waals surface area (Å²) in [5, 5.41) is 5.13. The molecule has 1 aromatic heterocycles. The minimum absolute atomic E-state index is 0.0637. The number of hydrogen-bond acceptors (Lipinski definition) is 3. The smallest absolute Gasteiger partial charge is 0.253 e. The lowest BCUT2D eigenvalue weighted by Crippen LogP contribution is -2.38. The van der Waals surface area contributed by atoms with Gasteiger partial charge in [-0.2, -0.15) is 5.10 Å². The van der Waals surface area contributed by atoms with E-state index < -0.39 is 0 Å². The number of amides is 1. The lowest BCUT2D eigenvalue weighted by atomic mass is 9.93. The number of likely N-dealkylation sites (tertiary alicyclic amines) is 1. The normalized spacial score (nSPS) is 14.9. The van der Waals surface area contributed by atoms with Crippen LogP contribution in [0.4, 0.5) is 0 Å². The maximum absolute atomic E-state index is 12.8. The van der Waals surface area contributed by atoms with Crippen LogP contribution in [0.1, 0.15) is 34.8 Å². The molecular weight excluding hydrogens is 374 g/mol. The molecule has 6 heteroatoms. The molecule has 4 rings (SSSR count). The van der Waals surface area contributed by atoms with Crippen molar-refractivity contribution in [2.24, 2.45) is 7.05 Å². The van der Waals surface area contributed by atoms with E-state index in [4.69, 9.17) is 16.3 Å². The summed E-state index contributed by atoms with van der Waals surface area (Å²) >= 11 is 5.98. The van der Waals surface area contributed by atoms with Gasteiger partial charge in [0.1, 0.15) is 11.5 Å². The number of halogens is 1. The van der Waals surface area contributed by atoms with Gasteiger partial charge in [0.15, 0.2) is 0 Å². The maximum atomic E-state index is 12.8. The fourth-order valence-corrected chi connectivity index (χ4v) is 3.72. The van der Waals surface area contributed by atoms with Crippen LogP contribution in [0, 0.1) is 0 Å². The van der Waals surface area contributed by atoms with Crippen LogP contribution in [0.25, 0.3) is 0 Å². The van der Waals surface area contributed by atoms with Crippen molar-refractivity contribution in [3.8, 4) is 11.5 Å². The summed E-state index contributed by atoms with van der Waals surface area (Å²) in [5.74, 6) is 1.84. The quantitative estimate of drug-likeness (QED) is 0.632. The molecule has 0 aliphatic carbocycles. The summed E-state index contributed by atoms with van der Waals surface area (Å²) in [6, 6.07) is 16.6. The van der Waals surface area contributed by atoms with Crippen molar-refractivity contribution in [1.82, 2.24) is 14.7 Å². The molecule has 5 nitrogen and oxygen atoms in total. The Hall–Kier alpha value is -2.79. The molecule has 0 unspecified atom stereocenters. The van der Waals surface area contributed by atoms with E-state index in [2.05, 4.69) is 11.2 Å². The number of benzene rings is 2. The molecule has 3 aromatic rings. The highest BCUT2D eigenvalue weighted by atomic mass is 35.5. The summed E-state index contributed by atoms with van der Waals surface area (Å²) in [6.45, 7) is 1.50. The minimum atomic E-state index is 0.0637. The molecule has 1 aliphatic rings. The number of rotatable bonds is 4. The molecule has 0 radical (unpaired) electrons. The molecule has 0 atom stereocenters. The predicted molar refractivity (Wildman–Crippen MR) is 109 cm³/mol. The first-order valence-corrected chi connectivity index (χ1v) is 9.78. The number of ether oxygens (including phenoxy) is 1. The molecule has 0 bridgehead atoms. The van der Waals surface area contributed by atoms with Crippen molar-refractivity contribution in [3.63, 3.8) is 0 Å². The Labute approximate surface area is 169 Å². The Balaban J connectivity index is 1.36. The number of carbonyl (C=O) groups excluding carboxylic acids is 1. The lowest BCUT2D eigenvalue weighted by molar-refractivity contribution is 0.0712. The van der Waals surface area contributed by atoms with Gasteiger partial charge in [-0.25, -0.2) is 0 Å². The zero-order chi connectivity index (χ0) is 19.5. The number of aryl methyl sites for hydroxylation is 1. The second-order valence-corrected chi connectivity index (χ2v) is 7.50. The van der Waals surface area contributed by atoms with Gasteiger partial charge in [0.05, 0.1) is 5.69 Å². The zero-order valence-electron chi connectivity index (χ0n) is 15.7. The molecule has 1 amide bonds. The summed E-state index contributed by atoms with van der Waals surface area (Å²) in [7, 11) is 1.93. The van der Waals surface area contributed by atoms with E-state index in [1.54, 1.807) is 12.1 Å². The molecule has 2 heterocycles. The van der Waals surface area contributed by atoms with Crippen LogP contribution >= 0.6 is 11.6 Å². The van der Waals surface area contributed by atoms with Gasteiger partial charge in [-0.15, -0.1) is 0 Å². The molecule has 1 saturated heterocycles. The molecule has 0 saturated carbocycles. The molecular formula is C22H22ClN3O2. The van der Waals surface area contributed by atoms with E-state index in [0.29, 0.717) is 28.0 Å². The second-order valence-electron chi connectivity index (χ2n) is 7.06. The van der Waals surface area contributed by atoms with Gasteiger partial charge >= 0.3 is 0 Å². The second kappa shape index (κ2) is 8.07. The molecule has 28 heavy (non-hydrogen) atoms. The lowest BCUT2D eigenvalue weighted by Gasteiger charge is -2.31. The van der Waals surface area contributed by atoms with Crippen molar-refractivity contribution in [1.29, 1.82) is 0 Å². The minimum Gasteiger partial charge on any atom is -0.457 e. The first-order chi connectivity index (χ1) is 13.6. The average molecular weight is 396 g/mol. The fourth-order valence-electron chi connectivity index (χ4n) is 3.54. The highest BCUT2D eigenvalue weighted by Gasteiger charge is 2.25. The van der Waals surface area contributed by atoms with Crippen LogP contribution in [0.5, 0.6) is 11.5 Å². The molecule has 2 aromatic carbocycles. The Morgan fingerprint density at radius 1 is 1.07 bits per heavy atom. The Morgan fingerprint density at radius 3 is 2.46 bits per heavy atom. The van der Waals surface area contributed by atoms with Crippen molar-refractivity contribution >= 4 is 17.5 Å². The molecule has 0 N–H and O–H groups in total. The van der Waals surface area contributed by atoms with Crippen molar-refractivity contribution in [2.45, 2.75) is 18.8 Å². The maximum Gasteiger partial charge on any atom is 0.253 e. The summed E-state index contributed by atoms with van der Waals surface area (Å²) in [5.41, 5.74) is 1.80. The van der Waals surface area contributed by atoms with Crippen LogP contribution in [0.15, 0.2) is 60.8 Å². The van der Waals surface area contributed by atoms with E-state index in [0.717, 1.165) is 31.6 Å². The average Bonchev–Trinajstić information content (AvgIpc) is 3.15. The summed E-state index contributed by atoms with van der Waals surface area (Å²) < 4.78 is 7.62. The van der Waals surface area contributed by atoms with Gasteiger partial charge in [-0.05, 0) is 61.4 Å². The molecule has 144 valence electrons. The highest BCUT2D eigenvalue weighted by Crippen LogP contribution is 2.28. The van der Waals surface area contributed by atoms with Crippen molar-refractivity contribution < 1.29 is 9.53 Å². The molecule has 1 aliphatic heterocycles. The number of piperidine rings is 1. The SMILES string of the molecule is Cn1ccc(C2CCN(C(=O)c3ccc(Oc4cccc(Cl)c4)cc3)CC2)n1. The number of aromatic nitrogens is 2. The van der Waals surface area contributed by atoms with E-state index >= 15 is 0 Å². The van der Waals surface area contributed by atoms with Crippen LogP contribution in [-0.2, 0) is 7.05 Å². The van der Waals surface area contributed by atoms with Gasteiger partial charge in [0, 0.05) is 42.8 Å². The van der Waals surface area contributed by atoms with E-state index in [1.165, 1.54) is 0 Å². The van der Waals surface area contributed by atoms with Gasteiger partial charge < -0.3 is 9.64 Å². The Bertz CT molecular complexity index is 960. The van der Waals surface area contributed by atoms with Crippen molar-refractivity contribution in [3.05, 3.63) is 77.1 Å². The van der Waals surface area contributed by atoms with E-state index in [1.807, 2.05) is 59.2 Å². The Kier molecular flexibility index (Phi) is 5.35. The van der Waals surface area contributed by atoms with Crippen LogP contribution in [-0.4, -0.2) is 33.7 Å². The summed E-state index contributed by atoms with van der Waals surface area (Å²) in [4.78, 5) is 14.7. The first-order valence-electron chi connectivity index (χ1n) is 9.41. The zero-order valence-corrected chi connectivity index (χ0v) is 16.5. The van der Waals surface area contributed by atoms with Gasteiger partial charge in [-0.3, -0.25) is 9.48 Å². The van der Waals surface area contributed by atoms with Gasteiger partial charge in [0.25, 0.3) is 5.91 Å². The molecule has 1 fully saturated rings. The van der Waals surface area contributed by atoms with E-state index in [9.17, 15) is 4.79 Å². The fraction of sp³-hybridized carbons (Fsp3) is 0.273. The highest BCUT2D eigenvalue weighted by molar-refractivity contribution is 6.30. The number of hydrogen-bond donors (Lipinski definition) is 0. The topological polar surface area (TPSA) is 47.4 Å². The standard InChI is InChI=1S/C22H22ClN3O2/c1-25-12-11-21(24-25)16-9-13-26(14-10-16)22(27)17-5-7-19(8-6-17)28-20-4-2-3-18(23)15-20/h2-8,11-12,15-16H,9-10,13-14H2,1H3. The largest absolute Gasteiger partial charge is 0.457 e. The van der Waals surface area contributed by atoms with Gasteiger partial charge in [-0.1, -0.05) is 17.7 Å². The third-order valence-electron chi connectivity index (χ3n) is 5.07. The third kappa shape index (κ3) is 4.20. The number of carbonyl (C=O) groups is 1. The summed E-state index contributed by atoms with van der Waals surface area (Å²) in [6.07, 6.45) is 3.86. The van der Waals surface area contributed by atoms with Gasteiger partial charge in [0.2, 0.25) is 0 Å². The van der Waals surface area contributed by atoms with Crippen LogP contribution < -0.4 is 4.74 Å².